The van der Waals surface area contributed by atoms with Gasteiger partial charge in [0.1, 0.15) is 12.7 Å². The van der Waals surface area contributed by atoms with Crippen molar-refractivity contribution in [2.75, 3.05) is 26.2 Å². The Morgan fingerprint density at radius 1 is 1.04 bits per heavy atom. The molecule has 2 aromatic carbocycles. The van der Waals surface area contributed by atoms with E-state index in [1.165, 1.54) is 28.6 Å². The Morgan fingerprint density at radius 2 is 1.71 bits per heavy atom. The summed E-state index contributed by atoms with van der Waals surface area (Å²) in [6.45, 7) is 1.75. The van der Waals surface area contributed by atoms with Crippen molar-refractivity contribution < 1.29 is 22.7 Å². The van der Waals surface area contributed by atoms with E-state index in [2.05, 4.69) is 5.32 Å². The van der Waals surface area contributed by atoms with Gasteiger partial charge in [0.05, 0.1) is 11.4 Å². The smallest absolute Gasteiger partial charge is 0.251 e. The first-order valence-corrected chi connectivity index (χ1v) is 10.7. The molecule has 28 heavy (non-hydrogen) atoms. The Morgan fingerprint density at radius 3 is 2.43 bits per heavy atom. The molecule has 2 aromatic rings. The second-order valence-electron chi connectivity index (χ2n) is 6.84. The Kier molecular flexibility index (Phi) is 5.23. The van der Waals surface area contributed by atoms with Crippen molar-refractivity contribution in [3.05, 3.63) is 54.1 Å². The van der Waals surface area contributed by atoms with Crippen molar-refractivity contribution in [2.24, 2.45) is 0 Å². The van der Waals surface area contributed by atoms with Crippen LogP contribution in [0.5, 0.6) is 11.5 Å². The van der Waals surface area contributed by atoms with Gasteiger partial charge in [-0.25, -0.2) is 8.42 Å². The third-order valence-electron chi connectivity index (χ3n) is 4.88. The number of nitrogens with one attached hydrogen (secondary N) is 1. The molecule has 8 heteroatoms. The average Bonchev–Trinajstić information content (AvgIpc) is 3.28. The van der Waals surface area contributed by atoms with Crippen LogP contribution in [-0.2, 0) is 10.0 Å². The van der Waals surface area contributed by atoms with Crippen molar-refractivity contribution >= 4 is 15.9 Å². The van der Waals surface area contributed by atoms with Gasteiger partial charge in [0.15, 0.2) is 11.5 Å². The molecule has 0 aliphatic carbocycles. The summed E-state index contributed by atoms with van der Waals surface area (Å²) in [5.74, 6) is 1.07. The molecule has 0 spiro atoms. The lowest BCUT2D eigenvalue weighted by Gasteiger charge is -2.26. The second kappa shape index (κ2) is 7.81. The van der Waals surface area contributed by atoms with Crippen LogP contribution in [0, 0.1) is 0 Å². The summed E-state index contributed by atoms with van der Waals surface area (Å²) < 4.78 is 38.0. The Bertz CT molecular complexity index is 953. The van der Waals surface area contributed by atoms with Crippen LogP contribution in [0.3, 0.4) is 0 Å². The highest BCUT2D eigenvalue weighted by atomic mass is 32.2. The molecule has 4 rings (SSSR count). The fraction of sp³-hybridized carbons (Fsp3) is 0.350. The van der Waals surface area contributed by atoms with E-state index in [0.29, 0.717) is 43.3 Å². The molecule has 1 atom stereocenters. The molecule has 0 saturated carbocycles. The summed E-state index contributed by atoms with van der Waals surface area (Å²) in [4.78, 5) is 12.6. The van der Waals surface area contributed by atoms with E-state index in [1.807, 2.05) is 24.3 Å². The lowest BCUT2D eigenvalue weighted by Crippen LogP contribution is -2.40. The number of hydrogen-bond donors (Lipinski definition) is 1. The summed E-state index contributed by atoms with van der Waals surface area (Å²) in [6.07, 6.45) is 1.49. The molecular weight excluding hydrogens is 380 g/mol. The van der Waals surface area contributed by atoms with E-state index in [1.54, 1.807) is 0 Å². The van der Waals surface area contributed by atoms with Crippen molar-refractivity contribution in [1.82, 2.24) is 9.62 Å². The molecule has 2 aliphatic rings. The van der Waals surface area contributed by atoms with Gasteiger partial charge >= 0.3 is 0 Å². The molecule has 7 nitrogen and oxygen atoms in total. The van der Waals surface area contributed by atoms with Gasteiger partial charge in [-0.2, -0.15) is 4.31 Å². The zero-order valence-corrected chi connectivity index (χ0v) is 16.2. The first kappa shape index (κ1) is 18.8. The van der Waals surface area contributed by atoms with Gasteiger partial charge < -0.3 is 14.8 Å². The van der Waals surface area contributed by atoms with Crippen LogP contribution in [0.2, 0.25) is 0 Å². The van der Waals surface area contributed by atoms with E-state index in [-0.39, 0.29) is 16.9 Å². The number of carbonyl (C=O) groups is 1. The van der Waals surface area contributed by atoms with Crippen molar-refractivity contribution in [3.8, 4) is 11.5 Å². The summed E-state index contributed by atoms with van der Waals surface area (Å²) in [5.41, 5.74) is 0.400. The highest BCUT2D eigenvalue weighted by Crippen LogP contribution is 2.30. The van der Waals surface area contributed by atoms with Gasteiger partial charge in [-0.3, -0.25) is 4.79 Å². The normalized spacial score (nSPS) is 19.4. The minimum absolute atomic E-state index is 0.214. The number of ether oxygens (including phenoxy) is 2. The number of carbonyl (C=O) groups excluding carboxylic acids is 1. The minimum atomic E-state index is -3.47. The SMILES string of the molecule is O=C(NC[C@@H]1COc2ccccc2O1)c1ccc(S(=O)(=O)N2CCCC2)cc1. The van der Waals surface area contributed by atoms with Crippen molar-refractivity contribution in [2.45, 2.75) is 23.8 Å². The summed E-state index contributed by atoms with van der Waals surface area (Å²) in [7, 11) is -3.47. The fourth-order valence-corrected chi connectivity index (χ4v) is 4.85. The van der Waals surface area contributed by atoms with Crippen LogP contribution in [0.25, 0.3) is 0 Å². The number of sulfonamides is 1. The largest absolute Gasteiger partial charge is 0.486 e. The molecule has 0 unspecified atom stereocenters. The van der Waals surface area contributed by atoms with Crippen LogP contribution in [-0.4, -0.2) is 51.0 Å². The number of rotatable bonds is 5. The maximum atomic E-state index is 12.5. The topological polar surface area (TPSA) is 84.9 Å². The number of fused-ring (bicyclic) bond motifs is 1. The van der Waals surface area contributed by atoms with Gasteiger partial charge in [0.25, 0.3) is 5.91 Å². The minimum Gasteiger partial charge on any atom is -0.486 e. The highest BCUT2D eigenvalue weighted by Gasteiger charge is 2.27. The average molecular weight is 402 g/mol. The van der Waals surface area contributed by atoms with E-state index in [4.69, 9.17) is 9.47 Å². The second-order valence-corrected chi connectivity index (χ2v) is 8.78. The molecule has 148 valence electrons. The van der Waals surface area contributed by atoms with E-state index in [9.17, 15) is 13.2 Å². The zero-order chi connectivity index (χ0) is 19.6. The lowest BCUT2D eigenvalue weighted by molar-refractivity contribution is 0.0789. The summed E-state index contributed by atoms with van der Waals surface area (Å²) in [6, 6.07) is 13.4. The maximum Gasteiger partial charge on any atom is 0.251 e. The molecule has 1 amide bonds. The molecule has 1 fully saturated rings. The predicted octanol–water partition coefficient (Wildman–Crippen LogP) is 2.04. The zero-order valence-electron chi connectivity index (χ0n) is 15.3. The monoisotopic (exact) mass is 402 g/mol. The van der Waals surface area contributed by atoms with Gasteiger partial charge in [0, 0.05) is 18.7 Å². The van der Waals surface area contributed by atoms with Crippen molar-refractivity contribution in [3.63, 3.8) is 0 Å². The predicted molar refractivity (Wildman–Crippen MR) is 103 cm³/mol. The third kappa shape index (κ3) is 3.83. The summed E-state index contributed by atoms with van der Waals surface area (Å²) in [5, 5.41) is 2.81. The first-order chi connectivity index (χ1) is 13.5. The van der Waals surface area contributed by atoms with Gasteiger partial charge in [-0.15, -0.1) is 0 Å². The van der Waals surface area contributed by atoms with Gasteiger partial charge in [-0.1, -0.05) is 12.1 Å². The van der Waals surface area contributed by atoms with E-state index >= 15 is 0 Å². The summed E-state index contributed by atoms with van der Waals surface area (Å²) >= 11 is 0. The van der Waals surface area contributed by atoms with Gasteiger partial charge in [-0.05, 0) is 49.2 Å². The van der Waals surface area contributed by atoms with E-state index < -0.39 is 10.0 Å². The van der Waals surface area contributed by atoms with Crippen LogP contribution in [0.1, 0.15) is 23.2 Å². The molecule has 1 N–H and O–H groups in total. The molecule has 0 radical (unpaired) electrons. The number of nitrogens with zero attached hydrogens (tertiary/aromatic N) is 1. The van der Waals surface area contributed by atoms with Crippen LogP contribution >= 0.6 is 0 Å². The molecule has 2 heterocycles. The Hall–Kier alpha value is -2.58. The van der Waals surface area contributed by atoms with Crippen molar-refractivity contribution in [1.29, 1.82) is 0 Å². The molecular formula is C20H22N2O5S. The number of para-hydroxylation sites is 2. The van der Waals surface area contributed by atoms with Crippen LogP contribution < -0.4 is 14.8 Å². The van der Waals surface area contributed by atoms with Crippen LogP contribution in [0.4, 0.5) is 0 Å². The number of amides is 1. The Balaban J connectivity index is 1.35. The first-order valence-electron chi connectivity index (χ1n) is 9.31. The molecule has 0 bridgehead atoms. The standard InChI is InChI=1S/C20H22N2O5S/c23-20(21-13-16-14-26-18-5-1-2-6-19(18)27-16)15-7-9-17(10-8-15)28(24,25)22-11-3-4-12-22/h1-2,5-10,16H,3-4,11-14H2,(H,21,23)/t16-/m1/s1. The Labute approximate surface area is 164 Å². The molecule has 2 aliphatic heterocycles. The van der Waals surface area contributed by atoms with Gasteiger partial charge in [0.2, 0.25) is 10.0 Å². The van der Waals surface area contributed by atoms with E-state index in [0.717, 1.165) is 12.8 Å². The number of benzene rings is 2. The fourth-order valence-electron chi connectivity index (χ4n) is 3.33. The lowest BCUT2D eigenvalue weighted by atomic mass is 10.2. The molecule has 1 saturated heterocycles. The third-order valence-corrected chi connectivity index (χ3v) is 6.79. The number of hydrogen-bond acceptors (Lipinski definition) is 5. The molecule has 0 aromatic heterocycles. The van der Waals surface area contributed by atoms with Crippen LogP contribution in [0.15, 0.2) is 53.4 Å². The highest BCUT2D eigenvalue weighted by molar-refractivity contribution is 7.89. The quantitative estimate of drug-likeness (QED) is 0.827. The maximum absolute atomic E-state index is 12.5.